The Hall–Kier alpha value is -0.620. The highest BCUT2D eigenvalue weighted by Crippen LogP contribution is 2.28. The van der Waals surface area contributed by atoms with E-state index in [2.05, 4.69) is 47.0 Å². The van der Waals surface area contributed by atoms with Crippen molar-refractivity contribution in [1.29, 1.82) is 0 Å². The molecule has 1 N–H and O–H groups in total. The second-order valence-corrected chi connectivity index (χ2v) is 7.97. The number of hydrogen-bond donors (Lipinski definition) is 1. The van der Waals surface area contributed by atoms with Crippen LogP contribution in [0.4, 0.5) is 0 Å². The molecule has 0 radical (unpaired) electrons. The van der Waals surface area contributed by atoms with E-state index in [1.54, 1.807) is 17.4 Å². The molecule has 0 amide bonds. The van der Waals surface area contributed by atoms with Gasteiger partial charge < -0.3 is 10.1 Å². The summed E-state index contributed by atoms with van der Waals surface area (Å²) in [5.41, 5.74) is 1.01. The molecule has 0 aliphatic heterocycles. The minimum Gasteiger partial charge on any atom is -0.486 e. The lowest BCUT2D eigenvalue weighted by Crippen LogP contribution is -2.35. The van der Waals surface area contributed by atoms with Crippen LogP contribution in [0.1, 0.15) is 31.5 Å². The zero-order valence-electron chi connectivity index (χ0n) is 12.2. The lowest BCUT2D eigenvalue weighted by Gasteiger charge is -2.19. The van der Waals surface area contributed by atoms with E-state index >= 15 is 0 Å². The van der Waals surface area contributed by atoms with Crippen molar-refractivity contribution in [3.8, 4) is 5.75 Å². The minimum atomic E-state index is 0.0895. The summed E-state index contributed by atoms with van der Waals surface area (Å²) >= 11 is 11.1. The molecule has 0 aliphatic carbocycles. The molecule has 0 atom stereocenters. The van der Waals surface area contributed by atoms with Crippen LogP contribution in [0.5, 0.6) is 5.75 Å². The van der Waals surface area contributed by atoms with Crippen molar-refractivity contribution in [1.82, 2.24) is 10.3 Å². The molecule has 21 heavy (non-hydrogen) atoms. The molecule has 2 rings (SSSR count). The lowest BCUT2D eigenvalue weighted by molar-refractivity contribution is 0.301. The Bertz CT molecular complexity index is 610. The van der Waals surface area contributed by atoms with Gasteiger partial charge >= 0.3 is 0 Å². The summed E-state index contributed by atoms with van der Waals surface area (Å²) < 4.78 is 6.66. The van der Waals surface area contributed by atoms with E-state index in [1.807, 2.05) is 17.5 Å². The first-order chi connectivity index (χ1) is 9.83. The number of halogens is 2. The molecule has 0 fully saturated rings. The predicted octanol–water partition coefficient (Wildman–Crippen LogP) is 5.03. The van der Waals surface area contributed by atoms with Gasteiger partial charge in [-0.15, -0.1) is 11.3 Å². The van der Waals surface area contributed by atoms with E-state index in [4.69, 9.17) is 16.3 Å². The monoisotopic (exact) mass is 388 g/mol. The Morgan fingerprint density at radius 2 is 2.14 bits per heavy atom. The highest BCUT2D eigenvalue weighted by atomic mass is 79.9. The number of thiazole rings is 1. The zero-order valence-corrected chi connectivity index (χ0v) is 15.4. The molecule has 0 aliphatic rings. The molecule has 3 nitrogen and oxygen atoms in total. The fourth-order valence-corrected chi connectivity index (χ4v) is 2.81. The maximum atomic E-state index is 6.09. The van der Waals surface area contributed by atoms with E-state index in [-0.39, 0.29) is 5.54 Å². The third-order valence-corrected chi connectivity index (χ3v) is 4.34. The number of aromatic nitrogens is 1. The van der Waals surface area contributed by atoms with Crippen molar-refractivity contribution < 1.29 is 4.74 Å². The van der Waals surface area contributed by atoms with Crippen LogP contribution in [0.3, 0.4) is 0 Å². The quantitative estimate of drug-likeness (QED) is 0.779. The summed E-state index contributed by atoms with van der Waals surface area (Å²) in [6, 6.07) is 5.55. The van der Waals surface area contributed by atoms with Crippen molar-refractivity contribution in [2.45, 2.75) is 39.5 Å². The van der Waals surface area contributed by atoms with Gasteiger partial charge in [0.1, 0.15) is 17.4 Å². The van der Waals surface area contributed by atoms with Gasteiger partial charge in [0.15, 0.2) is 0 Å². The first kappa shape index (κ1) is 16.7. The summed E-state index contributed by atoms with van der Waals surface area (Å²) in [4.78, 5) is 4.56. The molecule has 1 aromatic heterocycles. The van der Waals surface area contributed by atoms with Gasteiger partial charge in [0, 0.05) is 21.9 Å². The largest absolute Gasteiger partial charge is 0.486 e. The summed E-state index contributed by atoms with van der Waals surface area (Å²) in [5.74, 6) is 0.661. The second kappa shape index (κ2) is 7.09. The number of ether oxygens (including phenoxy) is 1. The predicted molar refractivity (Wildman–Crippen MR) is 92.2 cm³/mol. The smallest absolute Gasteiger partial charge is 0.139 e. The Morgan fingerprint density at radius 1 is 1.38 bits per heavy atom. The van der Waals surface area contributed by atoms with Crippen LogP contribution in [0.15, 0.2) is 28.1 Å². The molecule has 0 unspecified atom stereocenters. The van der Waals surface area contributed by atoms with Gasteiger partial charge in [-0.1, -0.05) is 27.5 Å². The summed E-state index contributed by atoms with van der Waals surface area (Å²) in [5, 5.41) is 7.10. The molecule has 1 heterocycles. The SMILES string of the molecule is CC(C)(C)NCc1nc(COc2cc(Br)ccc2Cl)cs1. The highest BCUT2D eigenvalue weighted by molar-refractivity contribution is 9.10. The van der Waals surface area contributed by atoms with Crippen LogP contribution >= 0.6 is 38.9 Å². The van der Waals surface area contributed by atoms with Crippen LogP contribution in [0.2, 0.25) is 5.02 Å². The lowest BCUT2D eigenvalue weighted by atomic mass is 10.1. The molecule has 1 aromatic carbocycles. The number of hydrogen-bond acceptors (Lipinski definition) is 4. The Labute approximate surface area is 142 Å². The Morgan fingerprint density at radius 3 is 2.86 bits per heavy atom. The molecule has 6 heteroatoms. The molecular weight excluding hydrogens is 372 g/mol. The number of nitrogens with zero attached hydrogens (tertiary/aromatic N) is 1. The van der Waals surface area contributed by atoms with Gasteiger partial charge in [-0.2, -0.15) is 0 Å². The summed E-state index contributed by atoms with van der Waals surface area (Å²) in [6.45, 7) is 7.60. The molecule has 0 saturated carbocycles. The average molecular weight is 390 g/mol. The molecule has 0 bridgehead atoms. The van der Waals surface area contributed by atoms with Crippen molar-refractivity contribution >= 4 is 38.9 Å². The minimum absolute atomic E-state index is 0.0895. The fourth-order valence-electron chi connectivity index (χ4n) is 1.58. The van der Waals surface area contributed by atoms with Crippen LogP contribution < -0.4 is 10.1 Å². The van der Waals surface area contributed by atoms with E-state index < -0.39 is 0 Å². The highest BCUT2D eigenvalue weighted by Gasteiger charge is 2.11. The van der Waals surface area contributed by atoms with Crippen LogP contribution in [-0.2, 0) is 13.2 Å². The fraction of sp³-hybridized carbons (Fsp3) is 0.400. The van der Waals surface area contributed by atoms with Crippen LogP contribution in [0.25, 0.3) is 0 Å². The van der Waals surface area contributed by atoms with E-state index in [0.717, 1.165) is 21.7 Å². The van der Waals surface area contributed by atoms with Crippen molar-refractivity contribution in [2.24, 2.45) is 0 Å². The first-order valence-electron chi connectivity index (χ1n) is 6.60. The topological polar surface area (TPSA) is 34.2 Å². The van der Waals surface area contributed by atoms with Gasteiger partial charge in [0.05, 0.1) is 10.7 Å². The summed E-state index contributed by atoms with van der Waals surface area (Å²) in [7, 11) is 0. The van der Waals surface area contributed by atoms with E-state index in [9.17, 15) is 0 Å². The van der Waals surface area contributed by atoms with Gasteiger partial charge in [0.25, 0.3) is 0 Å². The van der Waals surface area contributed by atoms with Crippen molar-refractivity contribution in [2.75, 3.05) is 0 Å². The Kier molecular flexibility index (Phi) is 5.66. The van der Waals surface area contributed by atoms with Gasteiger partial charge in [0.2, 0.25) is 0 Å². The molecule has 0 spiro atoms. The summed E-state index contributed by atoms with van der Waals surface area (Å²) in [6.07, 6.45) is 0. The van der Waals surface area contributed by atoms with E-state index in [0.29, 0.717) is 17.4 Å². The Balaban J connectivity index is 1.92. The normalized spacial score (nSPS) is 11.7. The number of rotatable bonds is 5. The van der Waals surface area contributed by atoms with Crippen molar-refractivity contribution in [3.05, 3.63) is 43.8 Å². The maximum absolute atomic E-state index is 6.09. The van der Waals surface area contributed by atoms with Crippen LogP contribution in [-0.4, -0.2) is 10.5 Å². The van der Waals surface area contributed by atoms with E-state index in [1.165, 1.54) is 0 Å². The number of nitrogens with one attached hydrogen (secondary N) is 1. The molecular formula is C15H18BrClN2OS. The number of benzene rings is 1. The maximum Gasteiger partial charge on any atom is 0.139 e. The van der Waals surface area contributed by atoms with Gasteiger partial charge in [-0.05, 0) is 39.0 Å². The van der Waals surface area contributed by atoms with Gasteiger partial charge in [-0.3, -0.25) is 0 Å². The third kappa shape index (κ3) is 5.58. The second-order valence-electron chi connectivity index (χ2n) is 5.70. The standard InChI is InChI=1S/C15H18BrClN2OS/c1-15(2,3)18-7-14-19-11(9-21-14)8-20-13-6-10(16)4-5-12(13)17/h4-6,9,18H,7-8H2,1-3H3. The zero-order chi connectivity index (χ0) is 15.5. The average Bonchev–Trinajstić information content (AvgIpc) is 2.85. The molecule has 2 aromatic rings. The molecule has 114 valence electrons. The van der Waals surface area contributed by atoms with Gasteiger partial charge in [-0.25, -0.2) is 4.98 Å². The molecule has 0 saturated heterocycles. The van der Waals surface area contributed by atoms with Crippen LogP contribution in [0, 0.1) is 0 Å². The third-order valence-electron chi connectivity index (χ3n) is 2.64. The van der Waals surface area contributed by atoms with Crippen molar-refractivity contribution in [3.63, 3.8) is 0 Å². The first-order valence-corrected chi connectivity index (χ1v) is 8.65.